The van der Waals surface area contributed by atoms with E-state index in [1.165, 1.54) is 12.4 Å². The zero-order chi connectivity index (χ0) is 17.4. The molecule has 2 heterocycles. The number of piperidine rings is 1. The lowest BCUT2D eigenvalue weighted by Crippen LogP contribution is -2.40. The van der Waals surface area contributed by atoms with Crippen LogP contribution in [0.4, 0.5) is 20.7 Å². The second-order valence-corrected chi connectivity index (χ2v) is 6.62. The molecule has 4 rings (SSSR count). The minimum Gasteiger partial charge on any atom is -0.347 e. The maximum atomic E-state index is 13.9. The highest BCUT2D eigenvalue weighted by molar-refractivity contribution is 5.43. The molecule has 0 spiro atoms. The Hall–Kier alpha value is -2.35. The molecule has 1 atom stereocenters. The van der Waals surface area contributed by atoms with Crippen molar-refractivity contribution in [3.8, 4) is 0 Å². The number of nitrogens with two attached hydrogens (primary N) is 1. The highest BCUT2D eigenvalue weighted by atomic mass is 19.1. The van der Waals surface area contributed by atoms with E-state index in [0.29, 0.717) is 35.9 Å². The van der Waals surface area contributed by atoms with Gasteiger partial charge in [0.15, 0.2) is 0 Å². The van der Waals surface area contributed by atoms with E-state index in [2.05, 4.69) is 25.2 Å². The lowest BCUT2D eigenvalue weighted by molar-refractivity contribution is 0.495. The number of anilines is 2. The van der Waals surface area contributed by atoms with E-state index in [0.717, 1.165) is 32.0 Å². The molecule has 1 aromatic heterocycles. The molecule has 6 nitrogen and oxygen atoms in total. The number of hydrogen-bond donors (Lipinski definition) is 2. The first kappa shape index (κ1) is 16.1. The number of fused-ring (bicyclic) bond motifs is 1. The highest BCUT2D eigenvalue weighted by Gasteiger charge is 2.27. The SMILES string of the molecule is NC1CCN(c2ncnc(NC3CCc4c(F)cc(F)cc43)n2)CC1. The fourth-order valence-corrected chi connectivity index (χ4v) is 3.56. The van der Waals surface area contributed by atoms with Crippen molar-refractivity contribution in [2.75, 3.05) is 23.3 Å². The van der Waals surface area contributed by atoms with Crippen LogP contribution in [-0.2, 0) is 6.42 Å². The number of nitrogens with one attached hydrogen (secondary N) is 1. The van der Waals surface area contributed by atoms with Crippen LogP contribution in [0.25, 0.3) is 0 Å². The second-order valence-electron chi connectivity index (χ2n) is 6.62. The summed E-state index contributed by atoms with van der Waals surface area (Å²) in [6.07, 6.45) is 4.52. The van der Waals surface area contributed by atoms with E-state index >= 15 is 0 Å². The van der Waals surface area contributed by atoms with Crippen molar-refractivity contribution in [3.05, 3.63) is 41.2 Å². The van der Waals surface area contributed by atoms with E-state index in [9.17, 15) is 8.78 Å². The third-order valence-electron chi connectivity index (χ3n) is 4.94. The van der Waals surface area contributed by atoms with E-state index in [1.54, 1.807) is 0 Å². The topological polar surface area (TPSA) is 80.0 Å². The molecule has 0 radical (unpaired) electrons. The van der Waals surface area contributed by atoms with Gasteiger partial charge in [-0.15, -0.1) is 0 Å². The maximum Gasteiger partial charge on any atom is 0.230 e. The van der Waals surface area contributed by atoms with Gasteiger partial charge in [-0.2, -0.15) is 4.98 Å². The number of rotatable bonds is 3. The zero-order valence-electron chi connectivity index (χ0n) is 13.8. The van der Waals surface area contributed by atoms with Crippen molar-refractivity contribution in [2.45, 2.75) is 37.8 Å². The molecule has 8 heteroatoms. The quantitative estimate of drug-likeness (QED) is 0.887. The van der Waals surface area contributed by atoms with Crippen molar-refractivity contribution >= 4 is 11.9 Å². The van der Waals surface area contributed by atoms with Gasteiger partial charge in [0.25, 0.3) is 0 Å². The molecule has 1 aromatic carbocycles. The molecule has 2 aliphatic rings. The van der Waals surface area contributed by atoms with Crippen molar-refractivity contribution < 1.29 is 8.78 Å². The Bertz CT molecular complexity index is 776. The third-order valence-corrected chi connectivity index (χ3v) is 4.94. The van der Waals surface area contributed by atoms with Crippen LogP contribution in [0.2, 0.25) is 0 Å². The highest BCUT2D eigenvalue weighted by Crippen LogP contribution is 2.35. The fraction of sp³-hybridized carbons (Fsp3) is 0.471. The first-order valence-electron chi connectivity index (χ1n) is 8.54. The number of aromatic nitrogens is 3. The summed E-state index contributed by atoms with van der Waals surface area (Å²) in [6, 6.07) is 2.35. The standard InChI is InChI=1S/C17H20F2N6/c18-10-7-13-12(14(19)8-10)1-2-15(13)23-16-21-9-22-17(24-16)25-5-3-11(20)4-6-25/h7-9,11,15H,1-6,20H2,(H,21,22,23,24). The number of hydrogen-bond acceptors (Lipinski definition) is 6. The van der Waals surface area contributed by atoms with Crippen LogP contribution in [0.5, 0.6) is 0 Å². The monoisotopic (exact) mass is 346 g/mol. The second kappa shape index (κ2) is 6.51. The Labute approximate surface area is 144 Å². The van der Waals surface area contributed by atoms with Gasteiger partial charge in [0.1, 0.15) is 18.0 Å². The minimum atomic E-state index is -0.564. The summed E-state index contributed by atoms with van der Waals surface area (Å²) in [5.74, 6) is -0.0262. The normalized spacial score (nSPS) is 20.6. The number of benzene rings is 1. The summed E-state index contributed by atoms with van der Waals surface area (Å²) in [6.45, 7) is 1.63. The summed E-state index contributed by atoms with van der Waals surface area (Å²) in [5.41, 5.74) is 7.14. The van der Waals surface area contributed by atoms with Gasteiger partial charge in [-0.05, 0) is 42.9 Å². The van der Waals surface area contributed by atoms with Crippen LogP contribution in [0, 0.1) is 11.6 Å². The summed E-state index contributed by atoms with van der Waals surface area (Å²) in [5, 5.41) is 3.19. The zero-order valence-corrected chi connectivity index (χ0v) is 13.8. The molecule has 25 heavy (non-hydrogen) atoms. The first-order chi connectivity index (χ1) is 12.1. The lowest BCUT2D eigenvalue weighted by atomic mass is 10.1. The molecule has 132 valence electrons. The molecule has 2 aromatic rings. The molecule has 0 bridgehead atoms. The molecule has 0 saturated carbocycles. The van der Waals surface area contributed by atoms with Crippen LogP contribution >= 0.6 is 0 Å². The Morgan fingerprint density at radius 1 is 1.12 bits per heavy atom. The lowest BCUT2D eigenvalue weighted by Gasteiger charge is -2.30. The van der Waals surface area contributed by atoms with Gasteiger partial charge in [-0.1, -0.05) is 0 Å². The third kappa shape index (κ3) is 3.26. The van der Waals surface area contributed by atoms with E-state index in [4.69, 9.17) is 5.73 Å². The molecule has 1 fully saturated rings. The van der Waals surface area contributed by atoms with E-state index in [-0.39, 0.29) is 12.1 Å². The van der Waals surface area contributed by atoms with Crippen molar-refractivity contribution in [2.24, 2.45) is 5.73 Å². The van der Waals surface area contributed by atoms with Crippen LogP contribution in [0.3, 0.4) is 0 Å². The van der Waals surface area contributed by atoms with Crippen LogP contribution in [0.15, 0.2) is 18.5 Å². The van der Waals surface area contributed by atoms with E-state index < -0.39 is 11.6 Å². The van der Waals surface area contributed by atoms with Crippen molar-refractivity contribution in [3.63, 3.8) is 0 Å². The fourth-order valence-electron chi connectivity index (χ4n) is 3.56. The molecule has 1 saturated heterocycles. The molecule has 3 N–H and O–H groups in total. The minimum absolute atomic E-state index is 0.203. The molecule has 0 amide bonds. The molecule has 1 aliphatic carbocycles. The summed E-state index contributed by atoms with van der Waals surface area (Å²) >= 11 is 0. The largest absolute Gasteiger partial charge is 0.347 e. The van der Waals surface area contributed by atoms with Gasteiger partial charge < -0.3 is 16.0 Å². The maximum absolute atomic E-state index is 13.9. The summed E-state index contributed by atoms with van der Waals surface area (Å²) in [4.78, 5) is 14.9. The average molecular weight is 346 g/mol. The van der Waals surface area contributed by atoms with Gasteiger partial charge in [-0.25, -0.2) is 18.7 Å². The number of nitrogens with zero attached hydrogens (tertiary/aromatic N) is 4. The van der Waals surface area contributed by atoms with Crippen LogP contribution in [0.1, 0.15) is 36.4 Å². The Kier molecular flexibility index (Phi) is 4.20. The Morgan fingerprint density at radius 3 is 2.72 bits per heavy atom. The summed E-state index contributed by atoms with van der Waals surface area (Å²) < 4.78 is 27.4. The van der Waals surface area contributed by atoms with Gasteiger partial charge in [0, 0.05) is 25.2 Å². The predicted molar refractivity (Wildman–Crippen MR) is 90.3 cm³/mol. The van der Waals surface area contributed by atoms with E-state index in [1.807, 2.05) is 0 Å². The van der Waals surface area contributed by atoms with Crippen LogP contribution in [-0.4, -0.2) is 34.1 Å². The van der Waals surface area contributed by atoms with Crippen LogP contribution < -0.4 is 16.0 Å². The predicted octanol–water partition coefficient (Wildman–Crippen LogP) is 2.18. The van der Waals surface area contributed by atoms with Gasteiger partial charge in [-0.3, -0.25) is 0 Å². The summed E-state index contributed by atoms with van der Waals surface area (Å²) in [7, 11) is 0. The molecular formula is C17H20F2N6. The van der Waals surface area contributed by atoms with Crippen molar-refractivity contribution in [1.29, 1.82) is 0 Å². The van der Waals surface area contributed by atoms with Gasteiger partial charge in [0.2, 0.25) is 11.9 Å². The molecular weight excluding hydrogens is 326 g/mol. The van der Waals surface area contributed by atoms with Gasteiger partial charge in [0.05, 0.1) is 6.04 Å². The molecule has 1 unspecified atom stereocenters. The average Bonchev–Trinajstić information content (AvgIpc) is 2.99. The van der Waals surface area contributed by atoms with Gasteiger partial charge >= 0.3 is 0 Å². The Morgan fingerprint density at radius 2 is 1.92 bits per heavy atom. The van der Waals surface area contributed by atoms with Crippen molar-refractivity contribution in [1.82, 2.24) is 15.0 Å². The smallest absolute Gasteiger partial charge is 0.230 e. The molecule has 1 aliphatic heterocycles. The number of halogens is 2. The Balaban J connectivity index is 1.52. The first-order valence-corrected chi connectivity index (χ1v) is 8.54.